The van der Waals surface area contributed by atoms with Gasteiger partial charge in [0.1, 0.15) is 18.1 Å². The number of para-hydroxylation sites is 1. The number of carboxylic acids is 1. The van der Waals surface area contributed by atoms with E-state index in [0.717, 1.165) is 55.0 Å². The van der Waals surface area contributed by atoms with Crippen molar-refractivity contribution in [2.24, 2.45) is 5.92 Å². The van der Waals surface area contributed by atoms with E-state index >= 15 is 0 Å². The predicted octanol–water partition coefficient (Wildman–Crippen LogP) is 4.47. The Morgan fingerprint density at radius 2 is 1.66 bits per heavy atom. The summed E-state index contributed by atoms with van der Waals surface area (Å²) in [5.74, 6) is -2.12. The number of hydrogen-bond donors (Lipinski definition) is 5. The normalized spacial score (nSPS) is 21.1. The highest BCUT2D eigenvalue weighted by molar-refractivity contribution is 9.10. The Kier molecular flexibility index (Phi) is 10.3. The molecule has 41 heavy (non-hydrogen) atoms. The van der Waals surface area contributed by atoms with Crippen molar-refractivity contribution in [2.45, 2.75) is 109 Å². The van der Waals surface area contributed by atoms with Crippen LogP contribution < -0.4 is 16.0 Å². The molecule has 2 aromatic rings. The van der Waals surface area contributed by atoms with Gasteiger partial charge < -0.3 is 30.9 Å². The first-order valence-corrected chi connectivity index (χ1v) is 15.6. The Labute approximate surface area is 249 Å². The third-order valence-electron chi connectivity index (χ3n) is 8.35. The van der Waals surface area contributed by atoms with Crippen LogP contribution in [0.25, 0.3) is 10.9 Å². The fraction of sp³-hybridized carbons (Fsp3) is 0.600. The summed E-state index contributed by atoms with van der Waals surface area (Å²) < 4.78 is 0.687. The molecule has 1 saturated heterocycles. The lowest BCUT2D eigenvalue weighted by atomic mass is 9.98. The molecule has 0 radical (unpaired) electrons. The van der Waals surface area contributed by atoms with Gasteiger partial charge in [-0.05, 0) is 85.9 Å². The molecule has 0 bridgehead atoms. The molecule has 1 aromatic carbocycles. The Bertz CT molecular complexity index is 1250. The van der Waals surface area contributed by atoms with Crippen LogP contribution in [-0.2, 0) is 20.8 Å². The lowest BCUT2D eigenvalue weighted by Gasteiger charge is -2.39. The lowest BCUT2D eigenvalue weighted by molar-refractivity contribution is -0.142. The number of halogens is 1. The van der Waals surface area contributed by atoms with Gasteiger partial charge in [0.25, 0.3) is 0 Å². The van der Waals surface area contributed by atoms with Gasteiger partial charge in [-0.25, -0.2) is 9.59 Å². The van der Waals surface area contributed by atoms with Crippen LogP contribution in [0.15, 0.2) is 28.9 Å². The van der Waals surface area contributed by atoms with E-state index in [1.807, 2.05) is 49.9 Å². The van der Waals surface area contributed by atoms with Crippen molar-refractivity contribution in [1.29, 1.82) is 0 Å². The Morgan fingerprint density at radius 3 is 2.29 bits per heavy atom. The Hall–Kier alpha value is -3.08. The van der Waals surface area contributed by atoms with Gasteiger partial charge in [-0.3, -0.25) is 9.59 Å². The number of nitrogens with one attached hydrogen (secondary N) is 4. The summed E-state index contributed by atoms with van der Waals surface area (Å²) in [6, 6.07) is 4.66. The van der Waals surface area contributed by atoms with Crippen LogP contribution in [0.2, 0.25) is 0 Å². The summed E-state index contributed by atoms with van der Waals surface area (Å²) in [5, 5.41) is 19.1. The summed E-state index contributed by atoms with van der Waals surface area (Å²) in [5.41, 5.74) is 1.67. The van der Waals surface area contributed by atoms with Crippen molar-refractivity contribution in [3.63, 3.8) is 0 Å². The number of likely N-dealkylation sites (tertiary alicyclic amines) is 1. The average molecular weight is 633 g/mol. The molecule has 0 spiro atoms. The molecule has 11 heteroatoms. The summed E-state index contributed by atoms with van der Waals surface area (Å²) >= 11 is 3.56. The number of piperidine rings is 1. The topological polar surface area (TPSA) is 144 Å². The van der Waals surface area contributed by atoms with Gasteiger partial charge >= 0.3 is 12.0 Å². The van der Waals surface area contributed by atoms with E-state index in [-0.39, 0.29) is 30.5 Å². The highest BCUT2D eigenvalue weighted by atomic mass is 79.9. The number of hydrogen-bond acceptors (Lipinski definition) is 4. The van der Waals surface area contributed by atoms with Crippen LogP contribution >= 0.6 is 15.9 Å². The third-order valence-corrected chi connectivity index (χ3v) is 9.02. The number of unbranched alkanes of at least 4 members (excludes halogenated alkanes) is 1. The quantitative estimate of drug-likeness (QED) is 0.235. The van der Waals surface area contributed by atoms with Crippen LogP contribution in [0.1, 0.15) is 77.7 Å². The molecule has 10 nitrogen and oxygen atoms in total. The molecular weight excluding hydrogens is 590 g/mol. The number of benzene rings is 1. The SMILES string of the molecule is CCCC[C@H](NC(=O)[C@H](Cc1c(Br)[nH]c2ccccc12)NC(=O)[C@H](NC(=O)N1[C@H](C)CCC[C@@H]1C)C1CC1)C(=O)O. The number of carbonyl (C=O) groups is 4. The van der Waals surface area contributed by atoms with E-state index < -0.39 is 35.9 Å². The van der Waals surface area contributed by atoms with Crippen LogP contribution in [-0.4, -0.2) is 69.0 Å². The summed E-state index contributed by atoms with van der Waals surface area (Å²) in [7, 11) is 0. The van der Waals surface area contributed by atoms with E-state index in [9.17, 15) is 24.3 Å². The van der Waals surface area contributed by atoms with Gasteiger partial charge in [0.05, 0.1) is 4.60 Å². The number of fused-ring (bicyclic) bond motifs is 1. The maximum Gasteiger partial charge on any atom is 0.326 e. The molecule has 0 unspecified atom stereocenters. The van der Waals surface area contributed by atoms with E-state index in [2.05, 4.69) is 36.9 Å². The van der Waals surface area contributed by atoms with Crippen molar-refractivity contribution in [3.8, 4) is 0 Å². The predicted molar refractivity (Wildman–Crippen MR) is 160 cm³/mol. The maximum atomic E-state index is 13.7. The zero-order valence-corrected chi connectivity index (χ0v) is 25.6. The van der Waals surface area contributed by atoms with Crippen LogP contribution in [0, 0.1) is 5.92 Å². The van der Waals surface area contributed by atoms with Gasteiger partial charge in [0, 0.05) is 29.4 Å². The molecule has 1 aliphatic heterocycles. The minimum absolute atomic E-state index is 0.00536. The van der Waals surface area contributed by atoms with Gasteiger partial charge in [0.2, 0.25) is 11.8 Å². The molecule has 2 aliphatic rings. The largest absolute Gasteiger partial charge is 0.480 e. The number of urea groups is 1. The number of amides is 4. The number of carbonyl (C=O) groups excluding carboxylic acids is 3. The minimum Gasteiger partial charge on any atom is -0.480 e. The first-order chi connectivity index (χ1) is 19.6. The van der Waals surface area contributed by atoms with E-state index in [4.69, 9.17) is 0 Å². The molecule has 1 saturated carbocycles. The molecule has 1 aromatic heterocycles. The monoisotopic (exact) mass is 631 g/mol. The van der Waals surface area contributed by atoms with Crippen molar-refractivity contribution in [2.75, 3.05) is 0 Å². The number of aromatic nitrogens is 1. The molecule has 5 N–H and O–H groups in total. The number of rotatable bonds is 12. The van der Waals surface area contributed by atoms with E-state index in [1.165, 1.54) is 0 Å². The molecule has 4 amide bonds. The molecular formula is C30H42BrN5O5. The van der Waals surface area contributed by atoms with Crippen molar-refractivity contribution in [3.05, 3.63) is 34.4 Å². The smallest absolute Gasteiger partial charge is 0.326 e. The zero-order valence-electron chi connectivity index (χ0n) is 24.0. The second kappa shape index (κ2) is 13.7. The summed E-state index contributed by atoms with van der Waals surface area (Å²) in [6.45, 7) is 6.01. The standard InChI is InChI=1S/C30H42BrN5O5/c1-4-5-12-23(29(39)40)33-27(37)24(16-21-20-11-6-7-13-22(20)32-26(21)31)34-28(38)25(19-14-15-19)35-30(41)36-17(2)9-8-10-18(36)3/h6-7,11,13,17-19,23-25,32H,4-5,8-10,12,14-16H2,1-3H3,(H,33,37)(H,34,38)(H,35,41)(H,39,40)/t17-,18+,23-,24-,25+/m0/s1. The maximum absolute atomic E-state index is 13.7. The molecule has 224 valence electrons. The lowest BCUT2D eigenvalue weighted by Crippen LogP contribution is -2.60. The fourth-order valence-electron chi connectivity index (χ4n) is 5.84. The number of nitrogens with zero attached hydrogens (tertiary/aromatic N) is 1. The molecule has 4 rings (SSSR count). The van der Waals surface area contributed by atoms with Gasteiger partial charge in [-0.2, -0.15) is 0 Å². The van der Waals surface area contributed by atoms with Crippen LogP contribution in [0.3, 0.4) is 0 Å². The molecule has 5 atom stereocenters. The van der Waals surface area contributed by atoms with E-state index in [0.29, 0.717) is 17.4 Å². The highest BCUT2D eigenvalue weighted by Crippen LogP contribution is 2.34. The third kappa shape index (κ3) is 7.61. The average Bonchev–Trinajstić information content (AvgIpc) is 3.72. The van der Waals surface area contributed by atoms with Crippen molar-refractivity contribution in [1.82, 2.24) is 25.8 Å². The zero-order chi connectivity index (χ0) is 29.7. The second-order valence-corrected chi connectivity index (χ2v) is 12.4. The first-order valence-electron chi connectivity index (χ1n) is 14.8. The molecule has 1 aliphatic carbocycles. The highest BCUT2D eigenvalue weighted by Gasteiger charge is 2.41. The summed E-state index contributed by atoms with van der Waals surface area (Å²) in [6.07, 6.45) is 6.39. The Balaban J connectivity index is 1.56. The van der Waals surface area contributed by atoms with Crippen LogP contribution in [0.5, 0.6) is 0 Å². The van der Waals surface area contributed by atoms with Crippen molar-refractivity contribution >= 4 is 50.6 Å². The van der Waals surface area contributed by atoms with E-state index in [1.54, 1.807) is 0 Å². The summed E-state index contributed by atoms with van der Waals surface area (Å²) in [4.78, 5) is 57.6. The molecule has 2 fully saturated rings. The first kappa shape index (κ1) is 30.9. The van der Waals surface area contributed by atoms with Gasteiger partial charge in [-0.1, -0.05) is 38.0 Å². The minimum atomic E-state index is -1.11. The van der Waals surface area contributed by atoms with Crippen LogP contribution in [0.4, 0.5) is 4.79 Å². The number of aliphatic carboxylic acids is 1. The van der Waals surface area contributed by atoms with Gasteiger partial charge in [0.15, 0.2) is 0 Å². The second-order valence-electron chi connectivity index (χ2n) is 11.6. The molecule has 2 heterocycles. The van der Waals surface area contributed by atoms with Crippen molar-refractivity contribution < 1.29 is 24.3 Å². The van der Waals surface area contributed by atoms with Gasteiger partial charge in [-0.15, -0.1) is 0 Å². The number of carboxylic acid groups (broad SMARTS) is 1. The Morgan fingerprint density at radius 1 is 1.00 bits per heavy atom. The number of H-pyrrole nitrogens is 1. The number of aromatic amines is 1. The fourth-order valence-corrected chi connectivity index (χ4v) is 6.42.